The second-order valence-electron chi connectivity index (χ2n) is 2.80. The van der Waals surface area contributed by atoms with Gasteiger partial charge in [0.05, 0.1) is 6.61 Å². The molecule has 1 aromatic heterocycles. The standard InChI is InChI=1S/C9H15N3O/c1-7-6-9(10-2)12-8(11-7)4-5-13-3/h6H,4-5H2,1-3H3,(H,10,11,12). The monoisotopic (exact) mass is 181 g/mol. The molecule has 0 aliphatic heterocycles. The van der Waals surface area contributed by atoms with E-state index in [1.807, 2.05) is 20.0 Å². The predicted molar refractivity (Wildman–Crippen MR) is 51.9 cm³/mol. The number of rotatable bonds is 4. The van der Waals surface area contributed by atoms with Gasteiger partial charge in [0.15, 0.2) is 0 Å². The average Bonchev–Trinajstić information content (AvgIpc) is 2.14. The molecule has 0 aliphatic rings. The van der Waals surface area contributed by atoms with Crippen LogP contribution in [0.1, 0.15) is 11.5 Å². The number of aromatic nitrogens is 2. The first-order chi connectivity index (χ1) is 6.26. The van der Waals surface area contributed by atoms with Gasteiger partial charge in [-0.25, -0.2) is 9.97 Å². The number of nitrogens with one attached hydrogen (secondary N) is 1. The molecule has 1 heterocycles. The molecule has 1 N–H and O–H groups in total. The lowest BCUT2D eigenvalue weighted by molar-refractivity contribution is 0.200. The molecule has 0 saturated heterocycles. The summed E-state index contributed by atoms with van der Waals surface area (Å²) >= 11 is 0. The summed E-state index contributed by atoms with van der Waals surface area (Å²) in [5.41, 5.74) is 0.977. The van der Waals surface area contributed by atoms with E-state index in [0.29, 0.717) is 6.61 Å². The van der Waals surface area contributed by atoms with Gasteiger partial charge in [-0.15, -0.1) is 0 Å². The van der Waals surface area contributed by atoms with Crippen LogP contribution in [-0.2, 0) is 11.2 Å². The summed E-state index contributed by atoms with van der Waals surface area (Å²) in [4.78, 5) is 8.58. The van der Waals surface area contributed by atoms with Crippen LogP contribution < -0.4 is 5.32 Å². The summed E-state index contributed by atoms with van der Waals surface area (Å²) in [6.45, 7) is 2.62. The van der Waals surface area contributed by atoms with E-state index in [0.717, 1.165) is 23.8 Å². The van der Waals surface area contributed by atoms with Crippen molar-refractivity contribution in [1.29, 1.82) is 0 Å². The molecule has 0 spiro atoms. The largest absolute Gasteiger partial charge is 0.384 e. The molecule has 1 aromatic rings. The van der Waals surface area contributed by atoms with Crippen molar-refractivity contribution in [3.8, 4) is 0 Å². The Labute approximate surface area is 78.4 Å². The minimum Gasteiger partial charge on any atom is -0.384 e. The second-order valence-corrected chi connectivity index (χ2v) is 2.80. The van der Waals surface area contributed by atoms with Crippen molar-refractivity contribution < 1.29 is 4.74 Å². The third kappa shape index (κ3) is 2.99. The van der Waals surface area contributed by atoms with Gasteiger partial charge >= 0.3 is 0 Å². The number of methoxy groups -OCH3 is 1. The Hall–Kier alpha value is -1.16. The molecule has 0 fully saturated rings. The van der Waals surface area contributed by atoms with Crippen LogP contribution in [0.2, 0.25) is 0 Å². The highest BCUT2D eigenvalue weighted by atomic mass is 16.5. The van der Waals surface area contributed by atoms with Gasteiger partial charge in [0.25, 0.3) is 0 Å². The van der Waals surface area contributed by atoms with E-state index in [1.54, 1.807) is 7.11 Å². The molecule has 72 valence electrons. The third-order valence-electron chi connectivity index (χ3n) is 1.69. The van der Waals surface area contributed by atoms with Crippen LogP contribution in [0.5, 0.6) is 0 Å². The van der Waals surface area contributed by atoms with Gasteiger partial charge in [0, 0.05) is 32.3 Å². The SMILES string of the molecule is CNc1cc(C)nc(CCOC)n1. The number of hydrogen-bond acceptors (Lipinski definition) is 4. The Balaban J connectivity index is 2.76. The minimum atomic E-state index is 0.659. The Morgan fingerprint density at radius 2 is 2.23 bits per heavy atom. The van der Waals surface area contributed by atoms with Crippen LogP contribution in [0.15, 0.2) is 6.07 Å². The Morgan fingerprint density at radius 3 is 2.85 bits per heavy atom. The smallest absolute Gasteiger partial charge is 0.133 e. The summed E-state index contributed by atoms with van der Waals surface area (Å²) < 4.78 is 4.96. The second kappa shape index (κ2) is 4.77. The van der Waals surface area contributed by atoms with Crippen molar-refractivity contribution >= 4 is 5.82 Å². The van der Waals surface area contributed by atoms with Crippen molar-refractivity contribution in [2.45, 2.75) is 13.3 Å². The average molecular weight is 181 g/mol. The molecule has 4 heteroatoms. The summed E-state index contributed by atoms with van der Waals surface area (Å²) in [5, 5.41) is 2.99. The Kier molecular flexibility index (Phi) is 3.64. The fourth-order valence-electron chi connectivity index (χ4n) is 1.06. The highest BCUT2D eigenvalue weighted by Crippen LogP contribution is 2.05. The van der Waals surface area contributed by atoms with Gasteiger partial charge in [0.2, 0.25) is 0 Å². The molecule has 0 bridgehead atoms. The van der Waals surface area contributed by atoms with E-state index in [-0.39, 0.29) is 0 Å². The first kappa shape index (κ1) is 9.92. The molecule has 0 unspecified atom stereocenters. The van der Waals surface area contributed by atoms with Crippen molar-refractivity contribution in [2.75, 3.05) is 26.1 Å². The molecular formula is C9H15N3O. The number of hydrogen-bond donors (Lipinski definition) is 1. The first-order valence-corrected chi connectivity index (χ1v) is 4.27. The van der Waals surface area contributed by atoms with Crippen molar-refractivity contribution in [1.82, 2.24) is 9.97 Å². The van der Waals surface area contributed by atoms with E-state index in [9.17, 15) is 0 Å². The van der Waals surface area contributed by atoms with Crippen LogP contribution in [0.3, 0.4) is 0 Å². The maximum atomic E-state index is 4.96. The van der Waals surface area contributed by atoms with Gasteiger partial charge in [0.1, 0.15) is 11.6 Å². The molecule has 13 heavy (non-hydrogen) atoms. The van der Waals surface area contributed by atoms with E-state index >= 15 is 0 Å². The fraction of sp³-hybridized carbons (Fsp3) is 0.556. The molecule has 0 saturated carbocycles. The summed E-state index contributed by atoms with van der Waals surface area (Å²) in [6.07, 6.45) is 0.757. The molecule has 0 aliphatic carbocycles. The van der Waals surface area contributed by atoms with Crippen LogP contribution in [0.25, 0.3) is 0 Å². The predicted octanol–water partition coefficient (Wildman–Crippen LogP) is 1.02. The van der Waals surface area contributed by atoms with Crippen molar-refractivity contribution in [2.24, 2.45) is 0 Å². The van der Waals surface area contributed by atoms with E-state index in [4.69, 9.17) is 4.74 Å². The normalized spacial score (nSPS) is 10.1. The summed E-state index contributed by atoms with van der Waals surface area (Å²) in [6, 6.07) is 1.91. The molecule has 1 rings (SSSR count). The zero-order valence-corrected chi connectivity index (χ0v) is 8.29. The Morgan fingerprint density at radius 1 is 1.46 bits per heavy atom. The first-order valence-electron chi connectivity index (χ1n) is 4.27. The zero-order chi connectivity index (χ0) is 9.68. The van der Waals surface area contributed by atoms with Gasteiger partial charge in [-0.05, 0) is 6.92 Å². The van der Waals surface area contributed by atoms with Gasteiger partial charge in [-0.1, -0.05) is 0 Å². The molecule has 0 amide bonds. The van der Waals surface area contributed by atoms with Crippen LogP contribution in [-0.4, -0.2) is 30.7 Å². The lowest BCUT2D eigenvalue weighted by atomic mass is 10.3. The van der Waals surface area contributed by atoms with Crippen LogP contribution in [0, 0.1) is 6.92 Å². The zero-order valence-electron chi connectivity index (χ0n) is 8.29. The lowest BCUT2D eigenvalue weighted by Gasteiger charge is -2.04. The van der Waals surface area contributed by atoms with E-state index < -0.39 is 0 Å². The lowest BCUT2D eigenvalue weighted by Crippen LogP contribution is -2.04. The van der Waals surface area contributed by atoms with Crippen LogP contribution in [0.4, 0.5) is 5.82 Å². The van der Waals surface area contributed by atoms with Gasteiger partial charge in [-0.3, -0.25) is 0 Å². The van der Waals surface area contributed by atoms with E-state index in [2.05, 4.69) is 15.3 Å². The fourth-order valence-corrected chi connectivity index (χ4v) is 1.06. The van der Waals surface area contributed by atoms with Crippen molar-refractivity contribution in [3.05, 3.63) is 17.6 Å². The molecule has 4 nitrogen and oxygen atoms in total. The van der Waals surface area contributed by atoms with Crippen molar-refractivity contribution in [3.63, 3.8) is 0 Å². The van der Waals surface area contributed by atoms with Gasteiger partial charge < -0.3 is 10.1 Å². The molecule has 0 aromatic carbocycles. The highest BCUT2D eigenvalue weighted by molar-refractivity contribution is 5.34. The van der Waals surface area contributed by atoms with E-state index in [1.165, 1.54) is 0 Å². The molecular weight excluding hydrogens is 166 g/mol. The maximum Gasteiger partial charge on any atom is 0.133 e. The third-order valence-corrected chi connectivity index (χ3v) is 1.69. The maximum absolute atomic E-state index is 4.96. The topological polar surface area (TPSA) is 47.0 Å². The van der Waals surface area contributed by atoms with Crippen LogP contribution >= 0.6 is 0 Å². The van der Waals surface area contributed by atoms with Gasteiger partial charge in [-0.2, -0.15) is 0 Å². The Bertz CT molecular complexity index is 276. The molecule has 0 atom stereocenters. The summed E-state index contributed by atoms with van der Waals surface area (Å²) in [7, 11) is 3.52. The number of aryl methyl sites for hydroxylation is 1. The number of anilines is 1. The summed E-state index contributed by atoms with van der Waals surface area (Å²) in [5.74, 6) is 1.69. The quantitative estimate of drug-likeness (QED) is 0.753. The number of nitrogens with zero attached hydrogens (tertiary/aromatic N) is 2. The molecule has 0 radical (unpaired) electrons. The highest BCUT2D eigenvalue weighted by Gasteiger charge is 2.00. The minimum absolute atomic E-state index is 0.659. The number of ether oxygens (including phenoxy) is 1.